The van der Waals surface area contributed by atoms with E-state index in [0.717, 1.165) is 22.7 Å². The molecule has 0 aliphatic heterocycles. The van der Waals surface area contributed by atoms with Gasteiger partial charge in [0.05, 0.1) is 15.5 Å². The van der Waals surface area contributed by atoms with Crippen LogP contribution in [0.1, 0.15) is 30.4 Å². The number of carbonyl (C=O) groups is 1. The SMILES string of the molecule is CCN(CC(C)(C)O)c1ccc(C=O)s1. The topological polar surface area (TPSA) is 40.5 Å². The summed E-state index contributed by atoms with van der Waals surface area (Å²) < 4.78 is 0. The average molecular weight is 227 g/mol. The third-order valence-corrected chi connectivity index (χ3v) is 3.07. The van der Waals surface area contributed by atoms with Crippen LogP contribution in [0.4, 0.5) is 5.00 Å². The van der Waals surface area contributed by atoms with Crippen LogP contribution in [0.3, 0.4) is 0 Å². The Kier molecular flexibility index (Phi) is 3.88. The monoisotopic (exact) mass is 227 g/mol. The van der Waals surface area contributed by atoms with Crippen molar-refractivity contribution in [1.29, 1.82) is 0 Å². The lowest BCUT2D eigenvalue weighted by molar-refractivity contribution is 0.0877. The molecule has 0 unspecified atom stereocenters. The summed E-state index contributed by atoms with van der Waals surface area (Å²) in [6.07, 6.45) is 0.853. The Morgan fingerprint density at radius 3 is 2.60 bits per heavy atom. The summed E-state index contributed by atoms with van der Waals surface area (Å²) in [5, 5.41) is 10.8. The van der Waals surface area contributed by atoms with Gasteiger partial charge in [-0.2, -0.15) is 0 Å². The van der Waals surface area contributed by atoms with Crippen LogP contribution in [0.2, 0.25) is 0 Å². The van der Waals surface area contributed by atoms with Crippen LogP contribution in [0.25, 0.3) is 0 Å². The number of aliphatic hydroxyl groups is 1. The second-order valence-electron chi connectivity index (χ2n) is 4.12. The molecule has 1 heterocycles. The van der Waals surface area contributed by atoms with E-state index in [4.69, 9.17) is 0 Å². The number of hydrogen-bond donors (Lipinski definition) is 1. The maximum atomic E-state index is 10.6. The number of nitrogens with zero attached hydrogens (tertiary/aromatic N) is 1. The molecule has 0 fully saturated rings. The molecule has 1 N–H and O–H groups in total. The third kappa shape index (κ3) is 3.64. The van der Waals surface area contributed by atoms with Crippen molar-refractivity contribution in [3.63, 3.8) is 0 Å². The number of rotatable bonds is 5. The molecule has 15 heavy (non-hydrogen) atoms. The fourth-order valence-corrected chi connectivity index (χ4v) is 2.27. The fraction of sp³-hybridized carbons (Fsp3) is 0.545. The van der Waals surface area contributed by atoms with Crippen LogP contribution < -0.4 is 4.90 Å². The Balaban J connectivity index is 2.78. The van der Waals surface area contributed by atoms with E-state index in [0.29, 0.717) is 6.54 Å². The Bertz CT molecular complexity index is 328. The van der Waals surface area contributed by atoms with Crippen molar-refractivity contribution in [2.75, 3.05) is 18.0 Å². The van der Waals surface area contributed by atoms with Gasteiger partial charge in [0.25, 0.3) is 0 Å². The van der Waals surface area contributed by atoms with Crippen molar-refractivity contribution in [2.45, 2.75) is 26.4 Å². The highest BCUT2D eigenvalue weighted by Crippen LogP contribution is 2.26. The van der Waals surface area contributed by atoms with E-state index in [1.165, 1.54) is 11.3 Å². The molecule has 1 aromatic heterocycles. The molecule has 0 aliphatic carbocycles. The van der Waals surface area contributed by atoms with Crippen molar-refractivity contribution in [3.05, 3.63) is 17.0 Å². The average Bonchev–Trinajstić information content (AvgIpc) is 2.60. The van der Waals surface area contributed by atoms with Crippen LogP contribution in [0, 0.1) is 0 Å². The summed E-state index contributed by atoms with van der Waals surface area (Å²) in [5.41, 5.74) is -0.721. The highest BCUT2D eigenvalue weighted by molar-refractivity contribution is 7.17. The lowest BCUT2D eigenvalue weighted by atomic mass is 10.1. The van der Waals surface area contributed by atoms with Gasteiger partial charge < -0.3 is 10.0 Å². The van der Waals surface area contributed by atoms with E-state index in [1.807, 2.05) is 13.0 Å². The van der Waals surface area contributed by atoms with Gasteiger partial charge in [0, 0.05) is 13.1 Å². The Morgan fingerprint density at radius 2 is 2.20 bits per heavy atom. The molecule has 0 spiro atoms. The molecule has 0 saturated heterocycles. The minimum Gasteiger partial charge on any atom is -0.389 e. The van der Waals surface area contributed by atoms with E-state index < -0.39 is 5.60 Å². The van der Waals surface area contributed by atoms with Crippen molar-refractivity contribution in [2.24, 2.45) is 0 Å². The standard InChI is InChI=1S/C11H17NO2S/c1-4-12(8-11(2,3)14)10-6-5-9(7-13)15-10/h5-7,14H,4,8H2,1-3H3. The van der Waals surface area contributed by atoms with Crippen molar-refractivity contribution >= 4 is 22.6 Å². The molecular formula is C11H17NO2S. The van der Waals surface area contributed by atoms with Crippen molar-refractivity contribution in [1.82, 2.24) is 0 Å². The molecule has 0 radical (unpaired) electrons. The van der Waals surface area contributed by atoms with Crippen molar-refractivity contribution < 1.29 is 9.90 Å². The summed E-state index contributed by atoms with van der Waals surface area (Å²) in [6, 6.07) is 3.73. The van der Waals surface area contributed by atoms with Gasteiger partial charge in [-0.05, 0) is 32.9 Å². The zero-order valence-electron chi connectivity index (χ0n) is 9.36. The van der Waals surface area contributed by atoms with Gasteiger partial charge in [0.1, 0.15) is 0 Å². The fourth-order valence-electron chi connectivity index (χ4n) is 1.39. The number of hydrogen-bond acceptors (Lipinski definition) is 4. The van der Waals surface area contributed by atoms with E-state index in [1.54, 1.807) is 19.9 Å². The van der Waals surface area contributed by atoms with Gasteiger partial charge in [-0.1, -0.05) is 0 Å². The van der Waals surface area contributed by atoms with Gasteiger partial charge in [0.2, 0.25) is 0 Å². The number of aldehydes is 1. The van der Waals surface area contributed by atoms with Crippen LogP contribution in [-0.2, 0) is 0 Å². The summed E-state index contributed by atoms with van der Waals surface area (Å²) in [4.78, 5) is 13.3. The van der Waals surface area contributed by atoms with E-state index >= 15 is 0 Å². The molecule has 1 rings (SSSR count). The van der Waals surface area contributed by atoms with E-state index in [9.17, 15) is 9.90 Å². The first-order valence-corrected chi connectivity index (χ1v) is 5.80. The van der Waals surface area contributed by atoms with Gasteiger partial charge in [-0.3, -0.25) is 4.79 Å². The first kappa shape index (κ1) is 12.2. The Morgan fingerprint density at radius 1 is 1.53 bits per heavy atom. The number of anilines is 1. The lowest BCUT2D eigenvalue weighted by Crippen LogP contribution is -2.38. The van der Waals surface area contributed by atoms with Gasteiger partial charge in [-0.15, -0.1) is 11.3 Å². The molecule has 0 aliphatic rings. The summed E-state index contributed by atoms with van der Waals surface area (Å²) in [5.74, 6) is 0. The second-order valence-corrected chi connectivity index (χ2v) is 5.21. The molecule has 0 bridgehead atoms. The largest absolute Gasteiger partial charge is 0.389 e. The van der Waals surface area contributed by atoms with Crippen LogP contribution in [0.5, 0.6) is 0 Å². The Hall–Kier alpha value is -0.870. The lowest BCUT2D eigenvalue weighted by Gasteiger charge is -2.28. The molecule has 0 amide bonds. The predicted molar refractivity (Wildman–Crippen MR) is 63.9 cm³/mol. The van der Waals surface area contributed by atoms with Crippen LogP contribution in [0.15, 0.2) is 12.1 Å². The maximum absolute atomic E-state index is 10.6. The molecule has 1 aromatic rings. The normalized spacial score (nSPS) is 11.5. The second kappa shape index (κ2) is 4.77. The summed E-state index contributed by atoms with van der Waals surface area (Å²) >= 11 is 1.45. The smallest absolute Gasteiger partial charge is 0.160 e. The van der Waals surface area contributed by atoms with Gasteiger partial charge in [0.15, 0.2) is 6.29 Å². The molecule has 4 heteroatoms. The quantitative estimate of drug-likeness (QED) is 0.784. The highest BCUT2D eigenvalue weighted by atomic mass is 32.1. The van der Waals surface area contributed by atoms with Gasteiger partial charge >= 0.3 is 0 Å². The first-order chi connectivity index (χ1) is 6.96. The molecule has 3 nitrogen and oxygen atoms in total. The van der Waals surface area contributed by atoms with Crippen LogP contribution in [-0.4, -0.2) is 30.1 Å². The molecule has 84 valence electrons. The third-order valence-electron chi connectivity index (χ3n) is 2.00. The zero-order valence-corrected chi connectivity index (χ0v) is 10.2. The molecule has 0 aromatic carbocycles. The maximum Gasteiger partial charge on any atom is 0.160 e. The zero-order chi connectivity index (χ0) is 11.5. The van der Waals surface area contributed by atoms with Gasteiger partial charge in [-0.25, -0.2) is 0 Å². The summed E-state index contributed by atoms with van der Waals surface area (Å²) in [7, 11) is 0. The number of likely N-dealkylation sites (N-methyl/N-ethyl adjacent to an activating group) is 1. The minimum absolute atomic E-state index is 0.572. The van der Waals surface area contributed by atoms with E-state index in [-0.39, 0.29) is 0 Å². The molecular weight excluding hydrogens is 210 g/mol. The summed E-state index contributed by atoms with van der Waals surface area (Å²) in [6.45, 7) is 6.99. The Labute approximate surface area is 94.3 Å². The molecule has 0 saturated carbocycles. The minimum atomic E-state index is -0.721. The van der Waals surface area contributed by atoms with Crippen LogP contribution >= 0.6 is 11.3 Å². The number of carbonyl (C=O) groups excluding carboxylic acids is 1. The highest BCUT2D eigenvalue weighted by Gasteiger charge is 2.18. The first-order valence-electron chi connectivity index (χ1n) is 4.98. The predicted octanol–water partition coefficient (Wildman–Crippen LogP) is 2.16. The number of thiophene rings is 1. The van der Waals surface area contributed by atoms with E-state index in [2.05, 4.69) is 4.90 Å². The van der Waals surface area contributed by atoms with Crippen molar-refractivity contribution in [3.8, 4) is 0 Å². The molecule has 0 atom stereocenters.